The van der Waals surface area contributed by atoms with Gasteiger partial charge in [0.05, 0.1) is 16.3 Å². The van der Waals surface area contributed by atoms with E-state index < -0.39 is 31.6 Å². The molecule has 0 aliphatic rings. The molecule has 0 unspecified atom stereocenters. The Morgan fingerprint density at radius 2 is 1.95 bits per heavy atom. The van der Waals surface area contributed by atoms with E-state index in [1.807, 2.05) is 6.92 Å². The lowest BCUT2D eigenvalue weighted by Gasteiger charge is -2.09. The van der Waals surface area contributed by atoms with Crippen LogP contribution >= 0.6 is 11.6 Å². The number of halogens is 4. The molecule has 3 nitrogen and oxygen atoms in total. The molecule has 0 atom stereocenters. The predicted molar refractivity (Wildman–Crippen MR) is 65.8 cm³/mol. The number of pyridine rings is 1. The maximum absolute atomic E-state index is 12.4. The van der Waals surface area contributed by atoms with Gasteiger partial charge in [-0.05, 0) is 12.5 Å². The number of aromatic nitrogens is 1. The normalized spacial score (nSPS) is 12.7. The van der Waals surface area contributed by atoms with Crippen LogP contribution in [0.2, 0.25) is 5.02 Å². The largest absolute Gasteiger partial charge is 0.417 e. The van der Waals surface area contributed by atoms with Crippen LogP contribution in [0.15, 0.2) is 17.3 Å². The summed E-state index contributed by atoms with van der Waals surface area (Å²) in [7, 11) is -3.74. The number of unbranched alkanes of at least 4 members (excludes halogenated alkanes) is 2. The van der Waals surface area contributed by atoms with Crippen molar-refractivity contribution in [3.8, 4) is 0 Å². The van der Waals surface area contributed by atoms with E-state index >= 15 is 0 Å². The summed E-state index contributed by atoms with van der Waals surface area (Å²) in [6.45, 7) is 1.91. The summed E-state index contributed by atoms with van der Waals surface area (Å²) in [5.41, 5.74) is -1.06. The molecule has 0 saturated carbocycles. The first-order chi connectivity index (χ1) is 8.68. The lowest BCUT2D eigenvalue weighted by molar-refractivity contribution is -0.137. The fourth-order valence-electron chi connectivity index (χ4n) is 1.45. The van der Waals surface area contributed by atoms with E-state index in [1.165, 1.54) is 0 Å². The van der Waals surface area contributed by atoms with Gasteiger partial charge in [-0.15, -0.1) is 0 Å². The molecule has 0 fully saturated rings. The average molecular weight is 316 g/mol. The fraction of sp³-hybridized carbons (Fsp3) is 0.545. The van der Waals surface area contributed by atoms with Crippen LogP contribution in [0.5, 0.6) is 0 Å². The van der Waals surface area contributed by atoms with Crippen LogP contribution in [0.1, 0.15) is 31.7 Å². The molecule has 0 aromatic carbocycles. The molecule has 1 aromatic heterocycles. The molecule has 0 bridgehead atoms. The SMILES string of the molecule is CCCCCS(=O)(=O)c1ncc(C(F)(F)F)cc1Cl. The van der Waals surface area contributed by atoms with Gasteiger partial charge in [0.15, 0.2) is 14.9 Å². The van der Waals surface area contributed by atoms with Crippen molar-refractivity contribution in [2.45, 2.75) is 37.4 Å². The molecule has 1 rings (SSSR count). The number of rotatable bonds is 5. The van der Waals surface area contributed by atoms with Crippen molar-refractivity contribution in [2.24, 2.45) is 0 Å². The molecule has 0 aliphatic heterocycles. The second kappa shape index (κ2) is 6.09. The zero-order valence-electron chi connectivity index (χ0n) is 10.2. The molecular weight excluding hydrogens is 303 g/mol. The Balaban J connectivity index is 3.03. The molecule has 0 aliphatic carbocycles. The number of alkyl halides is 3. The maximum Gasteiger partial charge on any atom is 0.417 e. The summed E-state index contributed by atoms with van der Waals surface area (Å²) in [4.78, 5) is 3.36. The van der Waals surface area contributed by atoms with Crippen LogP contribution in [0.4, 0.5) is 13.2 Å². The van der Waals surface area contributed by atoms with Gasteiger partial charge in [0, 0.05) is 6.20 Å². The van der Waals surface area contributed by atoms with E-state index in [0.717, 1.165) is 12.8 Å². The Morgan fingerprint density at radius 1 is 1.32 bits per heavy atom. The van der Waals surface area contributed by atoms with Gasteiger partial charge in [-0.3, -0.25) is 0 Å². The minimum atomic E-state index is -4.60. The highest BCUT2D eigenvalue weighted by molar-refractivity contribution is 7.91. The topological polar surface area (TPSA) is 47.0 Å². The summed E-state index contributed by atoms with van der Waals surface area (Å²) in [5, 5.41) is -0.982. The summed E-state index contributed by atoms with van der Waals surface area (Å²) in [5.74, 6) is -0.168. The molecule has 1 heterocycles. The van der Waals surface area contributed by atoms with Gasteiger partial charge in [0.2, 0.25) is 0 Å². The first kappa shape index (κ1) is 16.2. The molecule has 8 heteroatoms. The Morgan fingerprint density at radius 3 is 2.42 bits per heavy atom. The van der Waals surface area contributed by atoms with E-state index in [9.17, 15) is 21.6 Å². The van der Waals surface area contributed by atoms with Crippen LogP contribution in [-0.2, 0) is 16.0 Å². The quantitative estimate of drug-likeness (QED) is 0.778. The highest BCUT2D eigenvalue weighted by Gasteiger charge is 2.32. The van der Waals surface area contributed by atoms with Crippen LogP contribution in [0.25, 0.3) is 0 Å². The van der Waals surface area contributed by atoms with Crippen LogP contribution in [-0.4, -0.2) is 19.2 Å². The van der Waals surface area contributed by atoms with Crippen molar-refractivity contribution in [1.82, 2.24) is 4.98 Å². The van der Waals surface area contributed by atoms with Crippen molar-refractivity contribution in [1.29, 1.82) is 0 Å². The smallest absolute Gasteiger partial charge is 0.243 e. The maximum atomic E-state index is 12.4. The van der Waals surface area contributed by atoms with Crippen molar-refractivity contribution >= 4 is 21.4 Å². The van der Waals surface area contributed by atoms with E-state index in [2.05, 4.69) is 4.98 Å². The predicted octanol–water partition coefficient (Wildman–Crippen LogP) is 3.72. The van der Waals surface area contributed by atoms with Gasteiger partial charge in [0.25, 0.3) is 0 Å². The fourth-order valence-corrected chi connectivity index (χ4v) is 3.31. The van der Waals surface area contributed by atoms with Crippen LogP contribution in [0.3, 0.4) is 0 Å². The zero-order chi connectivity index (χ0) is 14.7. The molecule has 0 N–H and O–H groups in total. The van der Waals surface area contributed by atoms with Gasteiger partial charge in [0.1, 0.15) is 0 Å². The Bertz CT molecular complexity index is 543. The Hall–Kier alpha value is -0.820. The van der Waals surface area contributed by atoms with E-state index in [0.29, 0.717) is 18.7 Å². The van der Waals surface area contributed by atoms with Crippen molar-refractivity contribution in [3.05, 3.63) is 22.8 Å². The number of hydrogen-bond donors (Lipinski definition) is 0. The lowest BCUT2D eigenvalue weighted by Crippen LogP contribution is -2.12. The Kier molecular flexibility index (Phi) is 5.20. The van der Waals surface area contributed by atoms with Crippen LogP contribution in [0, 0.1) is 0 Å². The van der Waals surface area contributed by atoms with Gasteiger partial charge in [-0.2, -0.15) is 13.2 Å². The molecule has 19 heavy (non-hydrogen) atoms. The summed E-state index contributed by atoms with van der Waals surface area (Å²) in [6.07, 6.45) is -2.13. The number of hydrogen-bond acceptors (Lipinski definition) is 3. The minimum absolute atomic E-state index is 0.168. The lowest BCUT2D eigenvalue weighted by atomic mass is 10.3. The third-order valence-electron chi connectivity index (χ3n) is 2.45. The van der Waals surface area contributed by atoms with E-state index in [1.54, 1.807) is 0 Å². The van der Waals surface area contributed by atoms with Crippen molar-refractivity contribution in [3.63, 3.8) is 0 Å². The van der Waals surface area contributed by atoms with Crippen LogP contribution < -0.4 is 0 Å². The highest BCUT2D eigenvalue weighted by atomic mass is 35.5. The van der Waals surface area contributed by atoms with Crippen molar-refractivity contribution in [2.75, 3.05) is 5.75 Å². The summed E-state index contributed by atoms with van der Waals surface area (Å²) >= 11 is 5.59. The first-order valence-corrected chi connectivity index (χ1v) is 7.67. The van der Waals surface area contributed by atoms with Gasteiger partial charge in [-0.1, -0.05) is 31.4 Å². The molecule has 0 amide bonds. The van der Waals surface area contributed by atoms with E-state index in [-0.39, 0.29) is 5.75 Å². The number of nitrogens with zero attached hydrogens (tertiary/aromatic N) is 1. The highest BCUT2D eigenvalue weighted by Crippen LogP contribution is 2.32. The molecule has 0 saturated heterocycles. The number of sulfone groups is 1. The molecule has 0 radical (unpaired) electrons. The molecule has 0 spiro atoms. The molecule has 1 aromatic rings. The monoisotopic (exact) mass is 315 g/mol. The first-order valence-electron chi connectivity index (χ1n) is 5.64. The van der Waals surface area contributed by atoms with Gasteiger partial charge < -0.3 is 0 Å². The van der Waals surface area contributed by atoms with Gasteiger partial charge in [-0.25, -0.2) is 13.4 Å². The Labute approximate surface area is 114 Å². The van der Waals surface area contributed by atoms with E-state index in [4.69, 9.17) is 11.6 Å². The second-order valence-electron chi connectivity index (χ2n) is 4.03. The third-order valence-corrected chi connectivity index (χ3v) is 4.59. The summed E-state index contributed by atoms with van der Waals surface area (Å²) in [6, 6.07) is 0.585. The minimum Gasteiger partial charge on any atom is -0.243 e. The van der Waals surface area contributed by atoms with Crippen molar-refractivity contribution < 1.29 is 21.6 Å². The molecule has 108 valence electrons. The average Bonchev–Trinajstić information content (AvgIpc) is 2.27. The zero-order valence-corrected chi connectivity index (χ0v) is 11.7. The summed E-state index contributed by atoms with van der Waals surface area (Å²) < 4.78 is 60.9. The standard InChI is InChI=1S/C11H13ClF3NO2S/c1-2-3-4-5-19(17,18)10-9(12)6-8(7-16-10)11(13,14)15/h6-7H,2-5H2,1H3. The molecular formula is C11H13ClF3NO2S. The second-order valence-corrected chi connectivity index (χ2v) is 6.47. The third kappa shape index (κ3) is 4.35. The van der Waals surface area contributed by atoms with Gasteiger partial charge >= 0.3 is 6.18 Å².